The molecule has 0 bridgehead atoms. The Morgan fingerprint density at radius 3 is 2.05 bits per heavy atom. The van der Waals surface area contributed by atoms with Gasteiger partial charge in [0.25, 0.3) is 0 Å². The number of halogens is 1. The Morgan fingerprint density at radius 1 is 0.947 bits per heavy atom. The van der Waals surface area contributed by atoms with Gasteiger partial charge in [-0.3, -0.25) is 14.0 Å². The van der Waals surface area contributed by atoms with Crippen LogP contribution in [-0.4, -0.2) is 29.3 Å². The molecular weight excluding hydrogens is 264 g/mol. The van der Waals surface area contributed by atoms with Crippen LogP contribution in [0.1, 0.15) is 0 Å². The summed E-state index contributed by atoms with van der Waals surface area (Å²) in [5, 5.41) is 13.4. The van der Waals surface area contributed by atoms with E-state index < -0.39 is 0 Å². The van der Waals surface area contributed by atoms with E-state index in [1.807, 2.05) is 33.5 Å². The van der Waals surface area contributed by atoms with Crippen LogP contribution in [0.3, 0.4) is 0 Å². The third-order valence-corrected chi connectivity index (χ3v) is 3.30. The molecule has 0 aromatic carbocycles. The lowest BCUT2D eigenvalue weighted by Gasteiger charge is -1.97. The molecular formula is C12H13ClN6. The minimum Gasteiger partial charge on any atom is -0.275 e. The van der Waals surface area contributed by atoms with E-state index >= 15 is 0 Å². The lowest BCUT2D eigenvalue weighted by atomic mass is 10.2. The highest BCUT2D eigenvalue weighted by molar-refractivity contribution is 6.35. The van der Waals surface area contributed by atoms with E-state index in [4.69, 9.17) is 11.6 Å². The number of hydrogen-bond donors (Lipinski definition) is 0. The summed E-state index contributed by atoms with van der Waals surface area (Å²) in [6.07, 6.45) is 7.33. The Hall–Kier alpha value is -2.08. The minimum absolute atomic E-state index is 0.614. The second kappa shape index (κ2) is 4.24. The van der Waals surface area contributed by atoms with Crippen molar-refractivity contribution in [3.63, 3.8) is 0 Å². The van der Waals surface area contributed by atoms with E-state index in [0.29, 0.717) is 5.02 Å². The number of nitrogens with zero attached hydrogens (tertiary/aromatic N) is 6. The van der Waals surface area contributed by atoms with Crippen molar-refractivity contribution in [2.45, 2.75) is 0 Å². The molecule has 0 aliphatic heterocycles. The van der Waals surface area contributed by atoms with Gasteiger partial charge in [0.15, 0.2) is 0 Å². The lowest BCUT2D eigenvalue weighted by molar-refractivity contribution is 0.765. The van der Waals surface area contributed by atoms with Crippen LogP contribution in [0, 0.1) is 0 Å². The molecule has 0 saturated heterocycles. The first-order chi connectivity index (χ1) is 9.06. The lowest BCUT2D eigenvalue weighted by Crippen LogP contribution is -1.93. The first-order valence-electron chi connectivity index (χ1n) is 5.77. The van der Waals surface area contributed by atoms with Gasteiger partial charge >= 0.3 is 0 Å². The monoisotopic (exact) mass is 276 g/mol. The van der Waals surface area contributed by atoms with Crippen molar-refractivity contribution in [2.24, 2.45) is 21.1 Å². The molecule has 0 aliphatic rings. The number of aromatic nitrogens is 6. The predicted molar refractivity (Wildman–Crippen MR) is 72.6 cm³/mol. The van der Waals surface area contributed by atoms with Crippen LogP contribution in [0.2, 0.25) is 5.02 Å². The maximum absolute atomic E-state index is 6.46. The summed E-state index contributed by atoms with van der Waals surface area (Å²) >= 11 is 6.46. The molecule has 3 rings (SSSR count). The number of aryl methyl sites for hydroxylation is 3. The maximum Gasteiger partial charge on any atom is 0.115 e. The molecule has 6 nitrogen and oxygen atoms in total. The molecule has 0 aliphatic carbocycles. The zero-order valence-electron chi connectivity index (χ0n) is 10.9. The highest BCUT2D eigenvalue weighted by Gasteiger charge is 2.19. The second-order valence-electron chi connectivity index (χ2n) is 4.44. The molecule has 3 aromatic heterocycles. The summed E-state index contributed by atoms with van der Waals surface area (Å²) in [5.74, 6) is 0. The van der Waals surface area contributed by atoms with E-state index in [0.717, 1.165) is 22.5 Å². The van der Waals surface area contributed by atoms with Crippen LogP contribution in [0.25, 0.3) is 22.5 Å². The molecule has 0 spiro atoms. The fraction of sp³-hybridized carbons (Fsp3) is 0.250. The average molecular weight is 277 g/mol. The van der Waals surface area contributed by atoms with E-state index in [2.05, 4.69) is 15.3 Å². The topological polar surface area (TPSA) is 53.5 Å². The number of hydrogen-bond acceptors (Lipinski definition) is 3. The van der Waals surface area contributed by atoms with Gasteiger partial charge in [0, 0.05) is 44.7 Å². The minimum atomic E-state index is 0.614. The van der Waals surface area contributed by atoms with Crippen LogP contribution in [0.15, 0.2) is 24.8 Å². The molecule has 3 aromatic rings. The summed E-state index contributed by atoms with van der Waals surface area (Å²) in [5.41, 5.74) is 3.43. The van der Waals surface area contributed by atoms with Crippen molar-refractivity contribution in [1.82, 2.24) is 29.3 Å². The molecule has 7 heteroatoms. The highest BCUT2D eigenvalue weighted by atomic mass is 35.5. The molecule has 0 fully saturated rings. The van der Waals surface area contributed by atoms with Crippen molar-refractivity contribution in [3.8, 4) is 22.5 Å². The van der Waals surface area contributed by atoms with Gasteiger partial charge in [-0.15, -0.1) is 0 Å². The normalized spacial score (nSPS) is 11.2. The molecule has 0 radical (unpaired) electrons. The van der Waals surface area contributed by atoms with Gasteiger partial charge in [-0.1, -0.05) is 11.6 Å². The summed E-state index contributed by atoms with van der Waals surface area (Å²) < 4.78 is 5.23. The van der Waals surface area contributed by atoms with E-state index in [1.165, 1.54) is 0 Å². The zero-order valence-corrected chi connectivity index (χ0v) is 11.6. The third-order valence-electron chi connectivity index (χ3n) is 2.95. The molecule has 3 heterocycles. The molecule has 98 valence electrons. The summed E-state index contributed by atoms with van der Waals surface area (Å²) in [6.45, 7) is 0. The van der Waals surface area contributed by atoms with E-state index in [1.54, 1.807) is 26.4 Å². The van der Waals surface area contributed by atoms with Crippen molar-refractivity contribution in [2.75, 3.05) is 0 Å². The molecule has 0 amide bonds. The smallest absolute Gasteiger partial charge is 0.115 e. The van der Waals surface area contributed by atoms with Gasteiger partial charge in [-0.25, -0.2) is 0 Å². The van der Waals surface area contributed by atoms with Gasteiger partial charge in [0.05, 0.1) is 23.1 Å². The summed E-state index contributed by atoms with van der Waals surface area (Å²) in [7, 11) is 5.60. The van der Waals surface area contributed by atoms with Gasteiger partial charge in [0.2, 0.25) is 0 Å². The van der Waals surface area contributed by atoms with Crippen LogP contribution in [-0.2, 0) is 21.1 Å². The Labute approximate surface area is 115 Å². The van der Waals surface area contributed by atoms with Gasteiger partial charge in [-0.05, 0) is 0 Å². The van der Waals surface area contributed by atoms with Crippen LogP contribution < -0.4 is 0 Å². The van der Waals surface area contributed by atoms with Gasteiger partial charge in [-0.2, -0.15) is 15.3 Å². The standard InChI is InChI=1S/C12H13ClN6/c1-17-6-8(4-14-17)11-10(13)12(19(3)16-11)9-5-15-18(2)7-9/h4-7H,1-3H3. The fourth-order valence-corrected chi connectivity index (χ4v) is 2.46. The quantitative estimate of drug-likeness (QED) is 0.718. The fourth-order valence-electron chi connectivity index (χ4n) is 2.08. The van der Waals surface area contributed by atoms with Crippen LogP contribution >= 0.6 is 11.6 Å². The van der Waals surface area contributed by atoms with Gasteiger partial charge < -0.3 is 0 Å². The Bertz CT molecular complexity index is 735. The van der Waals surface area contributed by atoms with E-state index in [9.17, 15) is 0 Å². The highest BCUT2D eigenvalue weighted by Crippen LogP contribution is 2.35. The van der Waals surface area contributed by atoms with Crippen molar-refractivity contribution in [3.05, 3.63) is 29.8 Å². The van der Waals surface area contributed by atoms with E-state index in [-0.39, 0.29) is 0 Å². The largest absolute Gasteiger partial charge is 0.275 e. The third kappa shape index (κ3) is 1.94. The molecule has 0 N–H and O–H groups in total. The first-order valence-corrected chi connectivity index (χ1v) is 6.14. The molecule has 0 atom stereocenters. The summed E-state index contributed by atoms with van der Waals surface area (Å²) in [4.78, 5) is 0. The Morgan fingerprint density at radius 2 is 1.53 bits per heavy atom. The predicted octanol–water partition coefficient (Wildman–Crippen LogP) is 1.87. The number of rotatable bonds is 2. The second-order valence-corrected chi connectivity index (χ2v) is 4.82. The average Bonchev–Trinajstić information content (AvgIpc) is 3.01. The Kier molecular flexibility index (Phi) is 2.67. The summed E-state index contributed by atoms with van der Waals surface area (Å²) in [6, 6.07) is 0. The van der Waals surface area contributed by atoms with Crippen molar-refractivity contribution < 1.29 is 0 Å². The molecule has 19 heavy (non-hydrogen) atoms. The molecule has 0 unspecified atom stereocenters. The van der Waals surface area contributed by atoms with Crippen molar-refractivity contribution >= 4 is 11.6 Å². The van der Waals surface area contributed by atoms with Gasteiger partial charge in [0.1, 0.15) is 5.69 Å². The molecule has 0 saturated carbocycles. The Balaban J connectivity index is 2.15. The van der Waals surface area contributed by atoms with Crippen LogP contribution in [0.4, 0.5) is 0 Å². The maximum atomic E-state index is 6.46. The van der Waals surface area contributed by atoms with Crippen LogP contribution in [0.5, 0.6) is 0 Å². The zero-order chi connectivity index (χ0) is 13.6. The SMILES string of the molecule is Cn1cc(-c2nn(C)c(-c3cnn(C)c3)c2Cl)cn1. The van der Waals surface area contributed by atoms with Crippen molar-refractivity contribution in [1.29, 1.82) is 0 Å². The first kappa shape index (κ1) is 12.0.